The molecule has 0 aliphatic carbocycles. The van der Waals surface area contributed by atoms with Crippen LogP contribution >= 0.6 is 17.0 Å². The maximum absolute atomic E-state index is 5.70. The van der Waals surface area contributed by atoms with E-state index in [1.54, 1.807) is 0 Å². The van der Waals surface area contributed by atoms with E-state index in [9.17, 15) is 0 Å². The molecular formula is C10H24BrNOSn. The van der Waals surface area contributed by atoms with Crippen molar-refractivity contribution in [1.29, 1.82) is 0 Å². The molecule has 4 heteroatoms. The Morgan fingerprint density at radius 3 is 2.14 bits per heavy atom. The molecule has 0 spiro atoms. The van der Waals surface area contributed by atoms with Crippen molar-refractivity contribution < 1.29 is 3.07 Å². The molecule has 0 rings (SSSR count). The Balaban J connectivity index is 0. The zero-order chi connectivity index (χ0) is 10.3. The third-order valence-corrected chi connectivity index (χ3v) is 5.51. The fraction of sp³-hybridized carbons (Fsp3) is 1.00. The molecule has 2 nitrogen and oxygen atoms in total. The van der Waals surface area contributed by atoms with Gasteiger partial charge in [0.2, 0.25) is 0 Å². The summed E-state index contributed by atoms with van der Waals surface area (Å²) in [4.78, 5) is 0. The quantitative estimate of drug-likeness (QED) is 0.697. The third kappa shape index (κ3) is 13.2. The molecule has 0 bridgehead atoms. The first-order chi connectivity index (χ1) is 6.02. The van der Waals surface area contributed by atoms with E-state index < -0.39 is 21.6 Å². The van der Waals surface area contributed by atoms with Gasteiger partial charge in [0, 0.05) is 0 Å². The van der Waals surface area contributed by atoms with Crippen molar-refractivity contribution in [2.45, 2.75) is 63.0 Å². The summed E-state index contributed by atoms with van der Waals surface area (Å²) in [5.74, 6) is 0. The van der Waals surface area contributed by atoms with Crippen LogP contribution in [-0.2, 0) is 3.07 Å². The summed E-state index contributed by atoms with van der Waals surface area (Å²) in [6.07, 6.45) is 4.16. The second-order valence-electron chi connectivity index (χ2n) is 4.09. The number of hydrogen-bond acceptors (Lipinski definition) is 2. The molecule has 0 amide bonds. The van der Waals surface area contributed by atoms with Gasteiger partial charge >= 0.3 is 93.4 Å². The van der Waals surface area contributed by atoms with Crippen LogP contribution in [0.2, 0.25) is 3.93 Å². The van der Waals surface area contributed by atoms with E-state index in [-0.39, 0.29) is 17.0 Å². The average Bonchev–Trinajstić information content (AvgIpc) is 2.00. The van der Waals surface area contributed by atoms with E-state index in [1.807, 2.05) is 0 Å². The molecular weight excluding hydrogens is 349 g/mol. The van der Waals surface area contributed by atoms with E-state index in [0.29, 0.717) is 12.1 Å². The molecule has 14 heavy (non-hydrogen) atoms. The number of rotatable bonds is 7. The van der Waals surface area contributed by atoms with Crippen LogP contribution in [0.1, 0.15) is 47.0 Å². The van der Waals surface area contributed by atoms with Crippen LogP contribution in [0, 0.1) is 0 Å². The second kappa shape index (κ2) is 10.7. The van der Waals surface area contributed by atoms with E-state index in [0.717, 1.165) is 10.4 Å². The molecule has 2 unspecified atom stereocenters. The van der Waals surface area contributed by atoms with Gasteiger partial charge in [0.05, 0.1) is 0 Å². The Hall–Kier alpha value is 1.20. The average molecular weight is 373 g/mol. The molecule has 0 aliphatic rings. The number of nitrogens with two attached hydrogens (primary N) is 1. The summed E-state index contributed by atoms with van der Waals surface area (Å²) < 4.78 is 6.54. The Kier molecular flexibility index (Phi) is 13.5. The van der Waals surface area contributed by atoms with E-state index in [4.69, 9.17) is 8.81 Å². The SMILES string of the molecule is Br.CC(N)CCC[CH](C)[Sn][O]C(C)C. The molecule has 86 valence electrons. The Morgan fingerprint density at radius 2 is 1.71 bits per heavy atom. The van der Waals surface area contributed by atoms with Crippen LogP contribution in [0.25, 0.3) is 0 Å². The van der Waals surface area contributed by atoms with Gasteiger partial charge in [-0.05, 0) is 0 Å². The molecule has 0 aromatic carbocycles. The standard InChI is InChI=1S/C7H16N.C3H7O.BrH.Sn/c1-3-4-5-6-7(2)8;1-3(2)4;;/h3,7H,4-6,8H2,1-2H3;3H,1-2H3;1H;/q;-1;;+1. The van der Waals surface area contributed by atoms with Crippen molar-refractivity contribution in [1.82, 2.24) is 0 Å². The minimum absolute atomic E-state index is 0. The van der Waals surface area contributed by atoms with Crippen LogP contribution in [0.5, 0.6) is 0 Å². The molecule has 0 saturated carbocycles. The summed E-state index contributed by atoms with van der Waals surface area (Å²) in [6.45, 7) is 8.63. The van der Waals surface area contributed by atoms with Gasteiger partial charge < -0.3 is 0 Å². The molecule has 0 aromatic heterocycles. The predicted octanol–water partition coefficient (Wildman–Crippen LogP) is 2.93. The van der Waals surface area contributed by atoms with Gasteiger partial charge in [-0.2, -0.15) is 0 Å². The van der Waals surface area contributed by atoms with Crippen molar-refractivity contribution in [3.8, 4) is 0 Å². The van der Waals surface area contributed by atoms with Crippen molar-refractivity contribution >= 4 is 38.5 Å². The van der Waals surface area contributed by atoms with Crippen LogP contribution in [0.15, 0.2) is 0 Å². The molecule has 0 saturated heterocycles. The maximum atomic E-state index is 5.70. The van der Waals surface area contributed by atoms with Crippen LogP contribution < -0.4 is 5.73 Å². The van der Waals surface area contributed by atoms with Gasteiger partial charge in [-0.1, -0.05) is 0 Å². The van der Waals surface area contributed by atoms with Crippen molar-refractivity contribution in [2.75, 3.05) is 0 Å². The minimum atomic E-state index is -0.562. The van der Waals surface area contributed by atoms with Crippen LogP contribution in [0.4, 0.5) is 0 Å². The molecule has 0 aromatic rings. The normalized spacial score (nSPS) is 15.0. The van der Waals surface area contributed by atoms with Gasteiger partial charge in [0.15, 0.2) is 0 Å². The summed E-state index contributed by atoms with van der Waals surface area (Å²) in [6, 6.07) is 0.364. The summed E-state index contributed by atoms with van der Waals surface area (Å²) in [7, 11) is 0. The first-order valence-corrected chi connectivity index (χ1v) is 8.00. The van der Waals surface area contributed by atoms with E-state index in [1.165, 1.54) is 12.8 Å². The summed E-state index contributed by atoms with van der Waals surface area (Å²) in [5.41, 5.74) is 5.68. The van der Waals surface area contributed by atoms with E-state index in [2.05, 4.69) is 27.7 Å². The van der Waals surface area contributed by atoms with Crippen molar-refractivity contribution in [2.24, 2.45) is 5.73 Å². The fourth-order valence-corrected chi connectivity index (χ4v) is 3.42. The molecule has 2 radical (unpaired) electrons. The molecule has 0 fully saturated rings. The van der Waals surface area contributed by atoms with Gasteiger partial charge in [0.25, 0.3) is 0 Å². The molecule has 2 atom stereocenters. The van der Waals surface area contributed by atoms with Crippen LogP contribution in [-0.4, -0.2) is 33.7 Å². The Bertz CT molecular complexity index is 123. The third-order valence-electron chi connectivity index (χ3n) is 1.80. The van der Waals surface area contributed by atoms with Gasteiger partial charge in [0.1, 0.15) is 0 Å². The first kappa shape index (κ1) is 17.6. The van der Waals surface area contributed by atoms with Gasteiger partial charge in [-0.25, -0.2) is 0 Å². The topological polar surface area (TPSA) is 35.2 Å². The van der Waals surface area contributed by atoms with Crippen LogP contribution in [0.3, 0.4) is 0 Å². The Morgan fingerprint density at radius 1 is 1.14 bits per heavy atom. The number of halogens is 1. The molecule has 0 aliphatic heterocycles. The van der Waals surface area contributed by atoms with Gasteiger partial charge in [-0.15, -0.1) is 17.0 Å². The van der Waals surface area contributed by atoms with Crippen molar-refractivity contribution in [3.05, 3.63) is 0 Å². The molecule has 0 heterocycles. The predicted molar refractivity (Wildman–Crippen MR) is 69.2 cm³/mol. The fourth-order valence-electron chi connectivity index (χ4n) is 1.06. The van der Waals surface area contributed by atoms with Gasteiger partial charge in [-0.3, -0.25) is 0 Å². The van der Waals surface area contributed by atoms with Crippen molar-refractivity contribution in [3.63, 3.8) is 0 Å². The first-order valence-electron chi connectivity index (χ1n) is 5.19. The zero-order valence-corrected chi connectivity index (χ0v) is 14.3. The molecule has 2 N–H and O–H groups in total. The monoisotopic (exact) mass is 373 g/mol. The summed E-state index contributed by atoms with van der Waals surface area (Å²) >= 11 is -0.562. The zero-order valence-electron chi connectivity index (χ0n) is 9.75. The Labute approximate surface area is 110 Å². The second-order valence-corrected chi connectivity index (χ2v) is 8.25. The van der Waals surface area contributed by atoms with E-state index >= 15 is 0 Å². The summed E-state index contributed by atoms with van der Waals surface area (Å²) in [5, 5.41) is 0. The number of hydrogen-bond donors (Lipinski definition) is 1.